The van der Waals surface area contributed by atoms with Gasteiger partial charge >= 0.3 is 0 Å². The second-order valence-electron chi connectivity index (χ2n) is 6.13. The molecule has 1 N–H and O–H groups in total. The van der Waals surface area contributed by atoms with Crippen LogP contribution in [0.3, 0.4) is 0 Å². The number of nitrogens with zero attached hydrogens (tertiary/aromatic N) is 1. The van der Waals surface area contributed by atoms with Crippen molar-refractivity contribution < 1.29 is 4.79 Å². The van der Waals surface area contributed by atoms with Gasteiger partial charge in [0.25, 0.3) is 0 Å². The van der Waals surface area contributed by atoms with E-state index in [1.165, 1.54) is 32.1 Å². The highest BCUT2D eigenvalue weighted by molar-refractivity contribution is 5.85. The molecule has 0 spiro atoms. The fraction of sp³-hybridized carbons (Fsp3) is 0.929. The van der Waals surface area contributed by atoms with Crippen LogP contribution in [0.5, 0.6) is 0 Å². The standard InChI is InChI=1S/C14H24N2O.ClH/c1-15-8-10-4-3-7-16(9-10)14(17)13-11-5-2-6-12(11)13;/h10-13,15H,2-9H2,1H3;1H. The molecule has 3 rings (SSSR count). The smallest absolute Gasteiger partial charge is 0.226 e. The molecule has 0 bridgehead atoms. The van der Waals surface area contributed by atoms with Gasteiger partial charge in [-0.2, -0.15) is 0 Å². The van der Waals surface area contributed by atoms with Crippen LogP contribution in [0.1, 0.15) is 32.1 Å². The molecule has 3 atom stereocenters. The van der Waals surface area contributed by atoms with Crippen molar-refractivity contribution in [3.05, 3.63) is 0 Å². The first-order chi connectivity index (χ1) is 8.31. The van der Waals surface area contributed by atoms with Crippen LogP contribution in [0, 0.1) is 23.7 Å². The maximum atomic E-state index is 12.4. The number of rotatable bonds is 3. The lowest BCUT2D eigenvalue weighted by Gasteiger charge is -2.33. The Morgan fingerprint density at radius 2 is 1.94 bits per heavy atom. The number of fused-ring (bicyclic) bond motifs is 1. The van der Waals surface area contributed by atoms with E-state index in [0.29, 0.717) is 17.7 Å². The van der Waals surface area contributed by atoms with E-state index in [1.54, 1.807) is 0 Å². The molecule has 0 aromatic rings. The molecule has 0 aromatic heterocycles. The molecule has 1 amide bonds. The van der Waals surface area contributed by atoms with Crippen LogP contribution in [0.15, 0.2) is 0 Å². The first kappa shape index (κ1) is 14.1. The Balaban J connectivity index is 0.00000120. The minimum absolute atomic E-state index is 0. The topological polar surface area (TPSA) is 32.3 Å². The average Bonchev–Trinajstić information content (AvgIpc) is 2.82. The molecule has 2 aliphatic carbocycles. The quantitative estimate of drug-likeness (QED) is 0.851. The molecule has 3 fully saturated rings. The zero-order valence-corrected chi connectivity index (χ0v) is 12.0. The molecule has 2 saturated carbocycles. The second kappa shape index (κ2) is 5.79. The van der Waals surface area contributed by atoms with Crippen LogP contribution < -0.4 is 5.32 Å². The first-order valence-corrected chi connectivity index (χ1v) is 7.24. The Hall–Kier alpha value is -0.280. The van der Waals surface area contributed by atoms with Gasteiger partial charge in [0.05, 0.1) is 0 Å². The predicted octanol–water partition coefficient (Wildman–Crippen LogP) is 1.91. The Labute approximate surface area is 116 Å². The van der Waals surface area contributed by atoms with E-state index in [-0.39, 0.29) is 12.4 Å². The van der Waals surface area contributed by atoms with Gasteiger partial charge in [-0.3, -0.25) is 4.79 Å². The highest BCUT2D eigenvalue weighted by atomic mass is 35.5. The summed E-state index contributed by atoms with van der Waals surface area (Å²) in [4.78, 5) is 14.6. The normalized spacial score (nSPS) is 37.9. The van der Waals surface area contributed by atoms with Crippen LogP contribution in [0.4, 0.5) is 0 Å². The molecule has 0 aromatic carbocycles. The third-order valence-electron chi connectivity index (χ3n) is 5.02. The number of carbonyl (C=O) groups is 1. The molecular weight excluding hydrogens is 248 g/mol. The van der Waals surface area contributed by atoms with Crippen molar-refractivity contribution in [1.29, 1.82) is 0 Å². The number of piperidine rings is 1. The van der Waals surface area contributed by atoms with Crippen molar-refractivity contribution in [2.45, 2.75) is 32.1 Å². The van der Waals surface area contributed by atoms with E-state index in [2.05, 4.69) is 10.2 Å². The second-order valence-corrected chi connectivity index (χ2v) is 6.13. The summed E-state index contributed by atoms with van der Waals surface area (Å²) in [6.45, 7) is 3.06. The summed E-state index contributed by atoms with van der Waals surface area (Å²) in [6.07, 6.45) is 6.47. The molecule has 104 valence electrons. The number of amides is 1. The number of hydrogen-bond acceptors (Lipinski definition) is 2. The minimum Gasteiger partial charge on any atom is -0.342 e. The van der Waals surface area contributed by atoms with E-state index in [1.807, 2.05) is 7.05 Å². The summed E-state index contributed by atoms with van der Waals surface area (Å²) in [5.74, 6) is 3.13. The van der Waals surface area contributed by atoms with Crippen LogP contribution in [-0.2, 0) is 4.79 Å². The largest absolute Gasteiger partial charge is 0.342 e. The number of carbonyl (C=O) groups excluding carboxylic acids is 1. The number of hydrogen-bond donors (Lipinski definition) is 1. The van der Waals surface area contributed by atoms with Crippen LogP contribution in [-0.4, -0.2) is 37.5 Å². The zero-order valence-electron chi connectivity index (χ0n) is 11.2. The monoisotopic (exact) mass is 272 g/mol. The summed E-state index contributed by atoms with van der Waals surface area (Å²) in [5.41, 5.74) is 0. The van der Waals surface area contributed by atoms with Gasteiger partial charge < -0.3 is 10.2 Å². The Morgan fingerprint density at radius 1 is 1.22 bits per heavy atom. The van der Waals surface area contributed by atoms with Crippen molar-refractivity contribution in [2.24, 2.45) is 23.7 Å². The Kier molecular flexibility index (Phi) is 4.54. The molecule has 3 aliphatic rings. The van der Waals surface area contributed by atoms with Gasteiger partial charge in [-0.15, -0.1) is 12.4 Å². The molecule has 18 heavy (non-hydrogen) atoms. The van der Waals surface area contributed by atoms with Crippen molar-refractivity contribution >= 4 is 18.3 Å². The maximum Gasteiger partial charge on any atom is 0.226 e. The molecule has 3 nitrogen and oxygen atoms in total. The summed E-state index contributed by atoms with van der Waals surface area (Å²) in [5, 5.41) is 3.24. The van der Waals surface area contributed by atoms with E-state index >= 15 is 0 Å². The Bertz CT molecular complexity index is 298. The molecule has 1 saturated heterocycles. The molecular formula is C14H25ClN2O. The molecule has 1 aliphatic heterocycles. The third kappa shape index (κ3) is 2.53. The van der Waals surface area contributed by atoms with E-state index in [4.69, 9.17) is 0 Å². The lowest BCUT2D eigenvalue weighted by molar-refractivity contribution is -0.135. The first-order valence-electron chi connectivity index (χ1n) is 7.24. The molecule has 1 heterocycles. The number of nitrogens with one attached hydrogen (secondary N) is 1. The van der Waals surface area contributed by atoms with Gasteiger partial charge in [-0.1, -0.05) is 6.42 Å². The van der Waals surface area contributed by atoms with Crippen LogP contribution in [0.2, 0.25) is 0 Å². The Morgan fingerprint density at radius 3 is 2.61 bits per heavy atom. The molecule has 4 heteroatoms. The highest BCUT2D eigenvalue weighted by Crippen LogP contribution is 2.58. The summed E-state index contributed by atoms with van der Waals surface area (Å²) in [7, 11) is 2.01. The van der Waals surface area contributed by atoms with Gasteiger partial charge in [0.2, 0.25) is 5.91 Å². The minimum atomic E-state index is 0. The summed E-state index contributed by atoms with van der Waals surface area (Å²) < 4.78 is 0. The SMILES string of the molecule is CNCC1CCCN(C(=O)C2C3CCCC32)C1.Cl. The highest BCUT2D eigenvalue weighted by Gasteiger charge is 2.57. The van der Waals surface area contributed by atoms with Crippen LogP contribution >= 0.6 is 12.4 Å². The summed E-state index contributed by atoms with van der Waals surface area (Å²) >= 11 is 0. The van der Waals surface area contributed by atoms with E-state index in [9.17, 15) is 4.79 Å². The zero-order chi connectivity index (χ0) is 11.8. The van der Waals surface area contributed by atoms with Crippen molar-refractivity contribution in [3.8, 4) is 0 Å². The fourth-order valence-corrected chi connectivity index (χ4v) is 4.12. The lowest BCUT2D eigenvalue weighted by atomic mass is 9.97. The molecule has 3 unspecified atom stereocenters. The average molecular weight is 273 g/mol. The molecule has 0 radical (unpaired) electrons. The van der Waals surface area contributed by atoms with Gasteiger partial charge in [0.1, 0.15) is 0 Å². The van der Waals surface area contributed by atoms with Crippen LogP contribution in [0.25, 0.3) is 0 Å². The van der Waals surface area contributed by atoms with Gasteiger partial charge in [-0.25, -0.2) is 0 Å². The van der Waals surface area contributed by atoms with Crippen molar-refractivity contribution in [2.75, 3.05) is 26.7 Å². The summed E-state index contributed by atoms with van der Waals surface area (Å²) in [6, 6.07) is 0. The number of likely N-dealkylation sites (tertiary alicyclic amines) is 1. The van der Waals surface area contributed by atoms with Crippen molar-refractivity contribution in [1.82, 2.24) is 10.2 Å². The number of halogens is 1. The van der Waals surface area contributed by atoms with Gasteiger partial charge in [0.15, 0.2) is 0 Å². The fourth-order valence-electron chi connectivity index (χ4n) is 4.12. The third-order valence-corrected chi connectivity index (χ3v) is 5.02. The van der Waals surface area contributed by atoms with Gasteiger partial charge in [-0.05, 0) is 57.0 Å². The maximum absolute atomic E-state index is 12.4. The predicted molar refractivity (Wildman–Crippen MR) is 74.8 cm³/mol. The lowest BCUT2D eigenvalue weighted by Crippen LogP contribution is -2.43. The van der Waals surface area contributed by atoms with Crippen molar-refractivity contribution in [3.63, 3.8) is 0 Å². The van der Waals surface area contributed by atoms with Gasteiger partial charge in [0, 0.05) is 19.0 Å². The van der Waals surface area contributed by atoms with E-state index < -0.39 is 0 Å². The van der Waals surface area contributed by atoms with E-state index in [0.717, 1.165) is 31.5 Å².